The van der Waals surface area contributed by atoms with Crippen LogP contribution in [0.4, 0.5) is 0 Å². The fourth-order valence-electron chi connectivity index (χ4n) is 1.93. The van der Waals surface area contributed by atoms with Crippen LogP contribution in [0, 0.1) is 0 Å². The van der Waals surface area contributed by atoms with Gasteiger partial charge in [0, 0.05) is 6.04 Å². The minimum atomic E-state index is -0.812. The summed E-state index contributed by atoms with van der Waals surface area (Å²) in [6, 6.07) is 0.0323. The van der Waals surface area contributed by atoms with Crippen LogP contribution in [0.3, 0.4) is 0 Å². The van der Waals surface area contributed by atoms with E-state index in [1.807, 2.05) is 4.90 Å². The average Bonchev–Trinajstić information content (AvgIpc) is 2.03. The van der Waals surface area contributed by atoms with Crippen LogP contribution in [0.1, 0.15) is 26.2 Å². The Labute approximate surface area is 78.2 Å². The van der Waals surface area contributed by atoms with Gasteiger partial charge in [0.05, 0.1) is 12.6 Å². The summed E-state index contributed by atoms with van der Waals surface area (Å²) in [6.07, 6.45) is 2.60. The number of carboxylic acid groups (broad SMARTS) is 1. The Morgan fingerprint density at radius 1 is 1.62 bits per heavy atom. The molecule has 1 fully saturated rings. The number of aliphatic hydroxyl groups excluding tert-OH is 1. The first kappa shape index (κ1) is 10.5. The lowest BCUT2D eigenvalue weighted by atomic mass is 9.98. The molecule has 76 valence electrons. The van der Waals surface area contributed by atoms with Crippen LogP contribution in [-0.4, -0.2) is 46.3 Å². The second kappa shape index (κ2) is 4.58. The quantitative estimate of drug-likeness (QED) is 0.667. The van der Waals surface area contributed by atoms with Crippen molar-refractivity contribution < 1.29 is 15.0 Å². The summed E-state index contributed by atoms with van der Waals surface area (Å²) in [4.78, 5) is 12.4. The SMILES string of the molecule is C[C@H](O)[C@@H]1CCCCN1CC(=O)O. The third-order valence-electron chi connectivity index (χ3n) is 2.56. The Balaban J connectivity index is 2.51. The molecule has 0 aromatic rings. The van der Waals surface area contributed by atoms with Crippen LogP contribution in [0.5, 0.6) is 0 Å². The van der Waals surface area contributed by atoms with E-state index in [-0.39, 0.29) is 12.6 Å². The van der Waals surface area contributed by atoms with Crippen molar-refractivity contribution in [2.75, 3.05) is 13.1 Å². The van der Waals surface area contributed by atoms with Crippen molar-refractivity contribution in [2.24, 2.45) is 0 Å². The van der Waals surface area contributed by atoms with Gasteiger partial charge in [-0.25, -0.2) is 0 Å². The van der Waals surface area contributed by atoms with Crippen LogP contribution in [0.2, 0.25) is 0 Å². The van der Waals surface area contributed by atoms with Gasteiger partial charge in [0.25, 0.3) is 0 Å². The monoisotopic (exact) mass is 187 g/mol. The van der Waals surface area contributed by atoms with E-state index in [2.05, 4.69) is 0 Å². The molecule has 0 saturated carbocycles. The first-order valence-corrected chi connectivity index (χ1v) is 4.75. The molecule has 0 aromatic heterocycles. The first-order chi connectivity index (χ1) is 6.11. The molecule has 0 radical (unpaired) electrons. The number of aliphatic hydroxyl groups is 1. The van der Waals surface area contributed by atoms with Gasteiger partial charge in [0.15, 0.2) is 0 Å². The zero-order valence-corrected chi connectivity index (χ0v) is 7.94. The van der Waals surface area contributed by atoms with Gasteiger partial charge in [-0.15, -0.1) is 0 Å². The Hall–Kier alpha value is -0.610. The smallest absolute Gasteiger partial charge is 0.317 e. The topological polar surface area (TPSA) is 60.8 Å². The van der Waals surface area contributed by atoms with E-state index in [9.17, 15) is 9.90 Å². The largest absolute Gasteiger partial charge is 0.480 e. The summed E-state index contributed by atoms with van der Waals surface area (Å²) < 4.78 is 0. The minimum Gasteiger partial charge on any atom is -0.480 e. The van der Waals surface area contributed by atoms with E-state index in [1.165, 1.54) is 0 Å². The maximum atomic E-state index is 10.5. The molecule has 4 heteroatoms. The summed E-state index contributed by atoms with van der Waals surface area (Å²) in [5.41, 5.74) is 0. The van der Waals surface area contributed by atoms with Crippen molar-refractivity contribution in [3.05, 3.63) is 0 Å². The maximum Gasteiger partial charge on any atom is 0.317 e. The van der Waals surface area contributed by atoms with Gasteiger partial charge in [0.1, 0.15) is 0 Å². The Bertz CT molecular complexity index is 182. The molecule has 1 aliphatic heterocycles. The molecule has 0 amide bonds. The van der Waals surface area contributed by atoms with Crippen molar-refractivity contribution in [1.82, 2.24) is 4.90 Å². The van der Waals surface area contributed by atoms with Gasteiger partial charge in [-0.05, 0) is 26.3 Å². The molecule has 0 bridgehead atoms. The van der Waals surface area contributed by atoms with Crippen LogP contribution < -0.4 is 0 Å². The van der Waals surface area contributed by atoms with Crippen molar-refractivity contribution in [3.63, 3.8) is 0 Å². The van der Waals surface area contributed by atoms with E-state index in [0.717, 1.165) is 25.8 Å². The zero-order chi connectivity index (χ0) is 9.84. The molecule has 0 aromatic carbocycles. The number of carbonyl (C=O) groups is 1. The second-order valence-corrected chi connectivity index (χ2v) is 3.67. The van der Waals surface area contributed by atoms with Gasteiger partial charge in [-0.2, -0.15) is 0 Å². The highest BCUT2D eigenvalue weighted by atomic mass is 16.4. The zero-order valence-electron chi connectivity index (χ0n) is 7.94. The third kappa shape index (κ3) is 2.97. The predicted molar refractivity (Wildman–Crippen MR) is 48.5 cm³/mol. The lowest BCUT2D eigenvalue weighted by molar-refractivity contribution is -0.140. The molecule has 0 unspecified atom stereocenters. The van der Waals surface area contributed by atoms with Crippen molar-refractivity contribution in [1.29, 1.82) is 0 Å². The van der Waals surface area contributed by atoms with E-state index >= 15 is 0 Å². The highest BCUT2D eigenvalue weighted by molar-refractivity contribution is 5.69. The lowest BCUT2D eigenvalue weighted by Gasteiger charge is -2.36. The van der Waals surface area contributed by atoms with Crippen LogP contribution in [0.25, 0.3) is 0 Å². The van der Waals surface area contributed by atoms with Gasteiger partial charge >= 0.3 is 5.97 Å². The fourth-order valence-corrected chi connectivity index (χ4v) is 1.93. The van der Waals surface area contributed by atoms with Gasteiger partial charge in [-0.1, -0.05) is 6.42 Å². The molecule has 1 heterocycles. The van der Waals surface area contributed by atoms with Gasteiger partial charge < -0.3 is 10.2 Å². The van der Waals surface area contributed by atoms with E-state index < -0.39 is 12.1 Å². The number of aliphatic carboxylic acids is 1. The summed E-state index contributed by atoms with van der Waals surface area (Å²) in [7, 11) is 0. The molecule has 4 nitrogen and oxygen atoms in total. The number of piperidine rings is 1. The highest BCUT2D eigenvalue weighted by Crippen LogP contribution is 2.19. The number of carboxylic acids is 1. The summed E-state index contributed by atoms with van der Waals surface area (Å²) in [6.45, 7) is 2.57. The van der Waals surface area contributed by atoms with Crippen molar-refractivity contribution in [3.8, 4) is 0 Å². The molecule has 1 saturated heterocycles. The second-order valence-electron chi connectivity index (χ2n) is 3.67. The first-order valence-electron chi connectivity index (χ1n) is 4.75. The highest BCUT2D eigenvalue weighted by Gasteiger charge is 2.27. The van der Waals surface area contributed by atoms with Crippen LogP contribution in [0.15, 0.2) is 0 Å². The van der Waals surface area contributed by atoms with Gasteiger partial charge in [0.2, 0.25) is 0 Å². The molecular formula is C9H17NO3. The molecule has 2 N–H and O–H groups in total. The molecular weight excluding hydrogens is 170 g/mol. The van der Waals surface area contributed by atoms with Crippen molar-refractivity contribution in [2.45, 2.75) is 38.3 Å². The third-order valence-corrected chi connectivity index (χ3v) is 2.56. The number of nitrogens with zero attached hydrogens (tertiary/aromatic N) is 1. The molecule has 2 atom stereocenters. The van der Waals surface area contributed by atoms with Crippen LogP contribution in [-0.2, 0) is 4.79 Å². The maximum absolute atomic E-state index is 10.5. The molecule has 1 aliphatic rings. The van der Waals surface area contributed by atoms with Crippen molar-refractivity contribution >= 4 is 5.97 Å². The number of likely N-dealkylation sites (tertiary alicyclic amines) is 1. The summed E-state index contributed by atoms with van der Waals surface area (Å²) >= 11 is 0. The number of hydrogen-bond acceptors (Lipinski definition) is 3. The Morgan fingerprint density at radius 2 is 2.31 bits per heavy atom. The molecule has 1 rings (SSSR count). The molecule has 13 heavy (non-hydrogen) atoms. The van der Waals surface area contributed by atoms with E-state index in [4.69, 9.17) is 5.11 Å². The van der Waals surface area contributed by atoms with Gasteiger partial charge in [-0.3, -0.25) is 9.69 Å². The Kier molecular flexibility index (Phi) is 3.69. The lowest BCUT2D eigenvalue weighted by Crippen LogP contribution is -2.47. The molecule has 0 spiro atoms. The summed E-state index contributed by atoms with van der Waals surface area (Å²) in [5.74, 6) is -0.812. The molecule has 0 aliphatic carbocycles. The predicted octanol–water partition coefficient (Wildman–Crippen LogP) is 0.306. The number of hydrogen-bond donors (Lipinski definition) is 2. The summed E-state index contributed by atoms with van der Waals surface area (Å²) in [5, 5.41) is 18.1. The fraction of sp³-hybridized carbons (Fsp3) is 0.889. The normalized spacial score (nSPS) is 27.1. The number of rotatable bonds is 3. The minimum absolute atomic E-state index is 0.0323. The average molecular weight is 187 g/mol. The van der Waals surface area contributed by atoms with E-state index in [0.29, 0.717) is 0 Å². The Morgan fingerprint density at radius 3 is 2.85 bits per heavy atom. The van der Waals surface area contributed by atoms with E-state index in [1.54, 1.807) is 6.92 Å². The van der Waals surface area contributed by atoms with Crippen LogP contribution >= 0.6 is 0 Å². The standard InChI is InChI=1S/C9H17NO3/c1-7(11)8-4-2-3-5-10(8)6-9(12)13/h7-8,11H,2-6H2,1H3,(H,12,13)/t7-,8-/m0/s1.